The number of carbonyl (C=O) groups excluding carboxylic acids is 3. The molecule has 0 radical (unpaired) electrons. The lowest BCUT2D eigenvalue weighted by atomic mass is 9.70. The maximum absolute atomic E-state index is 15.3. The van der Waals surface area contributed by atoms with E-state index >= 15 is 9.59 Å². The summed E-state index contributed by atoms with van der Waals surface area (Å²) in [5, 5.41) is 10.7. The van der Waals surface area contributed by atoms with E-state index in [1.165, 1.54) is 0 Å². The van der Waals surface area contributed by atoms with E-state index < -0.39 is 34.2 Å². The van der Waals surface area contributed by atoms with Gasteiger partial charge in [-0.25, -0.2) is 0 Å². The number of para-hydroxylation sites is 1. The number of fused-ring (bicyclic) bond motifs is 1. The predicted octanol–water partition coefficient (Wildman–Crippen LogP) is 6.63. The third kappa shape index (κ3) is 6.35. The average molecular weight is 723 g/mol. The number of hydrogen-bond acceptors (Lipinski definition) is 5. The summed E-state index contributed by atoms with van der Waals surface area (Å²) >= 11 is 5.52. The Kier molecular flexibility index (Phi) is 10.2. The van der Waals surface area contributed by atoms with Gasteiger partial charge in [-0.15, -0.1) is 24.9 Å². The van der Waals surface area contributed by atoms with Gasteiger partial charge in [-0.3, -0.25) is 14.4 Å². The number of alkyl halides is 1. The van der Waals surface area contributed by atoms with Crippen molar-refractivity contribution in [3.63, 3.8) is 0 Å². The van der Waals surface area contributed by atoms with Gasteiger partial charge in [-0.05, 0) is 49.8 Å². The molecule has 3 aliphatic rings. The van der Waals surface area contributed by atoms with Gasteiger partial charge in [0.15, 0.2) is 0 Å². The van der Waals surface area contributed by atoms with Crippen molar-refractivity contribution in [2.24, 2.45) is 17.3 Å². The molecule has 7 atom stereocenters. The van der Waals surface area contributed by atoms with Gasteiger partial charge in [0.25, 0.3) is 0 Å². The van der Waals surface area contributed by atoms with Crippen LogP contribution in [0.5, 0.6) is 0 Å². The van der Waals surface area contributed by atoms with Crippen LogP contribution in [0.15, 0.2) is 86.0 Å². The molecule has 0 aliphatic carbocycles. The Labute approximate surface area is 292 Å². The first-order chi connectivity index (χ1) is 22.2. The SMILES string of the molecule is C=CCN(C(=O)[C@H]1[C@H]2C(=O)N([C@H](CO)c3ccccc3)C(C(=O)N(CC=C)C(C)(C)CC(C)(C)C)C23CC(Br)[C@@H]1S3)c1ccccc1. The average Bonchev–Trinajstić information content (AvgIpc) is 3.61. The van der Waals surface area contributed by atoms with Gasteiger partial charge in [0.2, 0.25) is 17.7 Å². The molecular weight excluding hydrogens is 674 g/mol. The summed E-state index contributed by atoms with van der Waals surface area (Å²) in [6, 6.07) is 17.2. The molecule has 3 amide bonds. The standard InChI is InChI=1S/C38H48BrN3O4S/c1-8-20-40(26-18-14-11-15-19-26)33(44)29-30-34(45)42(28(23-43)25-16-12-10-13-17-25)32(38(30)22-27(39)31(29)47-38)35(46)41(21-9-2)37(6,7)24-36(3,4)5/h8-19,27-32,43H,1-2,20-24H2,3-7H3/t27?,28-,29+,30+,31+,32?,38?/m1/s1. The number of carbonyl (C=O) groups is 3. The maximum Gasteiger partial charge on any atom is 0.247 e. The largest absolute Gasteiger partial charge is 0.394 e. The van der Waals surface area contributed by atoms with E-state index in [1.807, 2.05) is 65.6 Å². The van der Waals surface area contributed by atoms with Gasteiger partial charge >= 0.3 is 0 Å². The first-order valence-electron chi connectivity index (χ1n) is 16.4. The molecule has 47 heavy (non-hydrogen) atoms. The molecule has 5 rings (SSSR count). The van der Waals surface area contributed by atoms with E-state index in [1.54, 1.807) is 33.7 Å². The molecule has 3 unspecified atom stereocenters. The minimum Gasteiger partial charge on any atom is -0.394 e. The number of amides is 3. The van der Waals surface area contributed by atoms with Crippen LogP contribution in [0.4, 0.5) is 5.69 Å². The van der Waals surface area contributed by atoms with Gasteiger partial charge in [-0.2, -0.15) is 0 Å². The molecular formula is C38H48BrN3O4S. The molecule has 2 bridgehead atoms. The number of likely N-dealkylation sites (tertiary alicyclic amines) is 1. The van der Waals surface area contributed by atoms with Crippen molar-refractivity contribution >= 4 is 51.1 Å². The summed E-state index contributed by atoms with van der Waals surface area (Å²) in [4.78, 5) is 50.2. The summed E-state index contributed by atoms with van der Waals surface area (Å²) in [6.07, 6.45) is 4.72. The van der Waals surface area contributed by atoms with Crippen molar-refractivity contribution in [1.29, 1.82) is 0 Å². The zero-order chi connectivity index (χ0) is 34.3. The second kappa shape index (κ2) is 13.6. The monoisotopic (exact) mass is 721 g/mol. The third-order valence-electron chi connectivity index (χ3n) is 9.86. The molecule has 9 heteroatoms. The zero-order valence-corrected chi connectivity index (χ0v) is 30.5. The van der Waals surface area contributed by atoms with Crippen LogP contribution in [0.1, 0.15) is 59.1 Å². The molecule has 2 aromatic rings. The van der Waals surface area contributed by atoms with Crippen LogP contribution in [0.2, 0.25) is 0 Å². The topological polar surface area (TPSA) is 81.2 Å². The summed E-state index contributed by atoms with van der Waals surface area (Å²) in [6.45, 7) is 18.8. The Morgan fingerprint density at radius 3 is 2.17 bits per heavy atom. The highest BCUT2D eigenvalue weighted by atomic mass is 79.9. The van der Waals surface area contributed by atoms with Crippen molar-refractivity contribution < 1.29 is 19.5 Å². The number of aliphatic hydroxyl groups is 1. The van der Waals surface area contributed by atoms with E-state index in [4.69, 9.17) is 0 Å². The fourth-order valence-electron chi connectivity index (χ4n) is 8.54. The number of hydrogen-bond donors (Lipinski definition) is 1. The Hall–Kier alpha value is -2.88. The molecule has 0 aromatic heterocycles. The Balaban J connectivity index is 1.67. The van der Waals surface area contributed by atoms with Crippen molar-refractivity contribution in [1.82, 2.24) is 9.80 Å². The van der Waals surface area contributed by atoms with Crippen LogP contribution >= 0.6 is 27.7 Å². The third-order valence-corrected chi connectivity index (χ3v) is 13.1. The molecule has 3 fully saturated rings. The van der Waals surface area contributed by atoms with Crippen LogP contribution in [0.3, 0.4) is 0 Å². The summed E-state index contributed by atoms with van der Waals surface area (Å²) < 4.78 is -0.872. The quantitative estimate of drug-likeness (QED) is 0.197. The number of halogens is 1. The highest BCUT2D eigenvalue weighted by Gasteiger charge is 2.77. The van der Waals surface area contributed by atoms with Crippen LogP contribution in [-0.2, 0) is 14.4 Å². The second-order valence-electron chi connectivity index (χ2n) is 14.9. The molecule has 0 saturated carbocycles. The molecule has 3 heterocycles. The Morgan fingerprint density at radius 2 is 1.62 bits per heavy atom. The smallest absolute Gasteiger partial charge is 0.247 e. The fraction of sp³-hybridized carbons (Fsp3) is 0.500. The minimum absolute atomic E-state index is 0.0715. The van der Waals surface area contributed by atoms with E-state index in [9.17, 15) is 9.90 Å². The zero-order valence-electron chi connectivity index (χ0n) is 28.1. The number of rotatable bonds is 12. The van der Waals surface area contributed by atoms with Crippen LogP contribution in [-0.4, -0.2) is 78.7 Å². The molecule has 3 saturated heterocycles. The van der Waals surface area contributed by atoms with Crippen LogP contribution in [0.25, 0.3) is 0 Å². The summed E-state index contributed by atoms with van der Waals surface area (Å²) in [7, 11) is 0. The van der Waals surface area contributed by atoms with Gasteiger partial charge < -0.3 is 19.8 Å². The van der Waals surface area contributed by atoms with E-state index in [2.05, 4.69) is 63.7 Å². The lowest BCUT2D eigenvalue weighted by Crippen LogP contribution is -2.61. The predicted molar refractivity (Wildman–Crippen MR) is 194 cm³/mol. The van der Waals surface area contributed by atoms with Gasteiger partial charge in [0.1, 0.15) is 6.04 Å². The van der Waals surface area contributed by atoms with Crippen LogP contribution < -0.4 is 4.90 Å². The lowest BCUT2D eigenvalue weighted by Gasteiger charge is -2.46. The van der Waals surface area contributed by atoms with Crippen molar-refractivity contribution in [3.8, 4) is 0 Å². The van der Waals surface area contributed by atoms with E-state index in [-0.39, 0.29) is 39.8 Å². The number of anilines is 1. The normalized spacial score (nSPS) is 27.3. The second-order valence-corrected chi connectivity index (χ2v) is 17.6. The number of benzene rings is 2. The minimum atomic E-state index is -0.894. The highest BCUT2D eigenvalue weighted by Crippen LogP contribution is 2.69. The van der Waals surface area contributed by atoms with Gasteiger partial charge in [0.05, 0.1) is 29.2 Å². The number of nitrogens with zero attached hydrogens (tertiary/aromatic N) is 3. The fourth-order valence-corrected chi connectivity index (χ4v) is 12.1. The van der Waals surface area contributed by atoms with Gasteiger partial charge in [0, 0.05) is 34.4 Å². The molecule has 252 valence electrons. The number of aliphatic hydroxyl groups excluding tert-OH is 1. The number of thioether (sulfide) groups is 1. The summed E-state index contributed by atoms with van der Waals surface area (Å²) in [5.74, 6) is -1.98. The first-order valence-corrected chi connectivity index (χ1v) is 18.2. The lowest BCUT2D eigenvalue weighted by molar-refractivity contribution is -0.149. The molecule has 1 spiro atoms. The van der Waals surface area contributed by atoms with E-state index in [0.29, 0.717) is 19.5 Å². The van der Waals surface area contributed by atoms with Crippen molar-refractivity contribution in [2.45, 2.75) is 79.9 Å². The first kappa shape index (κ1) is 35.4. The Bertz CT molecular complexity index is 1500. The maximum atomic E-state index is 15.3. The van der Waals surface area contributed by atoms with Crippen molar-refractivity contribution in [2.75, 3.05) is 24.6 Å². The summed E-state index contributed by atoms with van der Waals surface area (Å²) in [5.41, 5.74) is 0.848. The highest BCUT2D eigenvalue weighted by molar-refractivity contribution is 9.09. The molecule has 2 aromatic carbocycles. The molecule has 7 nitrogen and oxygen atoms in total. The van der Waals surface area contributed by atoms with Crippen molar-refractivity contribution in [3.05, 3.63) is 91.5 Å². The molecule has 1 N–H and O–H groups in total. The Morgan fingerprint density at radius 1 is 1.02 bits per heavy atom. The molecule has 3 aliphatic heterocycles. The van der Waals surface area contributed by atoms with Crippen LogP contribution in [0, 0.1) is 17.3 Å². The van der Waals surface area contributed by atoms with E-state index in [0.717, 1.165) is 17.7 Å². The van der Waals surface area contributed by atoms with Gasteiger partial charge in [-0.1, -0.05) is 97.4 Å².